The third kappa shape index (κ3) is 5.09. The van der Waals surface area contributed by atoms with Gasteiger partial charge in [0.1, 0.15) is 5.82 Å². The minimum Gasteiger partial charge on any atom is -0.354 e. The molecule has 2 aromatic rings. The van der Waals surface area contributed by atoms with Gasteiger partial charge in [-0.25, -0.2) is 9.97 Å². The number of aromatic nitrogens is 2. The summed E-state index contributed by atoms with van der Waals surface area (Å²) >= 11 is 6.30. The molecule has 6 heteroatoms. The molecule has 0 radical (unpaired) electrons. The SMILES string of the molecule is Cc1nc([C@H]2CCN(Cc3ccccc3Cl)C2)nc(C)c1CC(=O)NC(C)C. The first kappa shape index (κ1) is 20.7. The van der Waals surface area contributed by atoms with Crippen LogP contribution in [0, 0.1) is 13.8 Å². The average molecular weight is 401 g/mol. The second kappa shape index (κ2) is 9.01. The van der Waals surface area contributed by atoms with Gasteiger partial charge < -0.3 is 5.32 Å². The van der Waals surface area contributed by atoms with Gasteiger partial charge in [0.25, 0.3) is 0 Å². The fourth-order valence-corrected chi connectivity index (χ4v) is 3.99. The molecule has 0 aliphatic carbocycles. The molecule has 1 aliphatic heterocycles. The first-order valence-corrected chi connectivity index (χ1v) is 10.3. The number of nitrogens with zero attached hydrogens (tertiary/aromatic N) is 3. The van der Waals surface area contributed by atoms with Crippen molar-refractivity contribution in [2.24, 2.45) is 0 Å². The second-order valence-electron chi connectivity index (χ2n) is 7.94. The van der Waals surface area contributed by atoms with E-state index in [1.54, 1.807) is 0 Å². The van der Waals surface area contributed by atoms with Gasteiger partial charge in [-0.05, 0) is 52.3 Å². The molecule has 5 nitrogen and oxygen atoms in total. The van der Waals surface area contributed by atoms with Crippen LogP contribution in [0.15, 0.2) is 24.3 Å². The second-order valence-corrected chi connectivity index (χ2v) is 8.35. The number of likely N-dealkylation sites (tertiary alicyclic amines) is 1. The topological polar surface area (TPSA) is 58.1 Å². The molecular formula is C22H29ClN4O. The zero-order valence-corrected chi connectivity index (χ0v) is 17.9. The maximum atomic E-state index is 12.1. The number of rotatable bonds is 6. The van der Waals surface area contributed by atoms with Gasteiger partial charge in [0.05, 0.1) is 6.42 Å². The third-order valence-corrected chi connectivity index (χ3v) is 5.58. The van der Waals surface area contributed by atoms with Crippen LogP contribution < -0.4 is 5.32 Å². The molecule has 0 unspecified atom stereocenters. The van der Waals surface area contributed by atoms with Crippen molar-refractivity contribution in [3.05, 3.63) is 57.6 Å². The van der Waals surface area contributed by atoms with E-state index in [4.69, 9.17) is 21.6 Å². The number of benzene rings is 1. The highest BCUT2D eigenvalue weighted by Crippen LogP contribution is 2.28. The van der Waals surface area contributed by atoms with Crippen LogP contribution in [0.1, 0.15) is 54.5 Å². The fraction of sp³-hybridized carbons (Fsp3) is 0.500. The standard InChI is InChI=1S/C22H29ClN4O/c1-14(2)24-21(28)11-19-15(3)25-22(26-16(19)4)18-9-10-27(13-18)12-17-7-5-6-8-20(17)23/h5-8,14,18H,9-13H2,1-4H3,(H,24,28)/t18-/m0/s1. The lowest BCUT2D eigenvalue weighted by atomic mass is 10.0. The summed E-state index contributed by atoms with van der Waals surface area (Å²) in [5.74, 6) is 1.23. The molecule has 1 atom stereocenters. The Kier molecular flexibility index (Phi) is 6.68. The Morgan fingerprint density at radius 1 is 1.25 bits per heavy atom. The number of hydrogen-bond donors (Lipinski definition) is 1. The van der Waals surface area contributed by atoms with Crippen LogP contribution in [0.3, 0.4) is 0 Å². The van der Waals surface area contributed by atoms with E-state index in [2.05, 4.69) is 16.3 Å². The molecule has 0 bridgehead atoms. The lowest BCUT2D eigenvalue weighted by molar-refractivity contribution is -0.120. The number of carbonyl (C=O) groups is 1. The van der Waals surface area contributed by atoms with Gasteiger partial charge in [-0.2, -0.15) is 0 Å². The third-order valence-electron chi connectivity index (χ3n) is 5.21. The molecule has 0 spiro atoms. The van der Waals surface area contributed by atoms with Gasteiger partial charge in [-0.1, -0.05) is 29.8 Å². The van der Waals surface area contributed by atoms with Crippen molar-refractivity contribution >= 4 is 17.5 Å². The summed E-state index contributed by atoms with van der Waals surface area (Å²) in [6.07, 6.45) is 1.37. The maximum absolute atomic E-state index is 12.1. The zero-order chi connectivity index (χ0) is 20.3. The monoisotopic (exact) mass is 400 g/mol. The van der Waals surface area contributed by atoms with Crippen molar-refractivity contribution in [2.75, 3.05) is 13.1 Å². The summed E-state index contributed by atoms with van der Waals surface area (Å²) in [5, 5.41) is 3.75. The van der Waals surface area contributed by atoms with Crippen LogP contribution in [0.5, 0.6) is 0 Å². The first-order chi connectivity index (χ1) is 13.3. The number of hydrogen-bond acceptors (Lipinski definition) is 4. The van der Waals surface area contributed by atoms with Crippen LogP contribution in [0.4, 0.5) is 0 Å². The van der Waals surface area contributed by atoms with E-state index in [0.29, 0.717) is 12.3 Å². The molecule has 150 valence electrons. The van der Waals surface area contributed by atoms with E-state index < -0.39 is 0 Å². The Labute approximate surface area is 172 Å². The molecule has 1 aromatic heterocycles. The summed E-state index contributed by atoms with van der Waals surface area (Å²) in [7, 11) is 0. The lowest BCUT2D eigenvalue weighted by Crippen LogP contribution is -2.32. The van der Waals surface area contributed by atoms with E-state index in [1.807, 2.05) is 45.9 Å². The Morgan fingerprint density at radius 3 is 2.57 bits per heavy atom. The molecular weight excluding hydrogens is 372 g/mol. The maximum Gasteiger partial charge on any atom is 0.224 e. The summed E-state index contributed by atoms with van der Waals surface area (Å²) in [5.41, 5.74) is 3.91. The van der Waals surface area contributed by atoms with Crippen LogP contribution in [-0.4, -0.2) is 39.9 Å². The van der Waals surface area contributed by atoms with Crippen LogP contribution >= 0.6 is 11.6 Å². The van der Waals surface area contributed by atoms with E-state index in [1.165, 1.54) is 0 Å². The van der Waals surface area contributed by atoms with E-state index in [0.717, 1.165) is 59.4 Å². The van der Waals surface area contributed by atoms with Crippen molar-refractivity contribution in [3.8, 4) is 0 Å². The van der Waals surface area contributed by atoms with Crippen molar-refractivity contribution < 1.29 is 4.79 Å². The molecule has 3 rings (SSSR count). The highest BCUT2D eigenvalue weighted by molar-refractivity contribution is 6.31. The fourth-order valence-electron chi connectivity index (χ4n) is 3.79. The van der Waals surface area contributed by atoms with Crippen LogP contribution in [0.2, 0.25) is 5.02 Å². The number of nitrogens with one attached hydrogen (secondary N) is 1. The van der Waals surface area contributed by atoms with E-state index >= 15 is 0 Å². The van der Waals surface area contributed by atoms with E-state index in [-0.39, 0.29) is 11.9 Å². The normalized spacial score (nSPS) is 17.3. The van der Waals surface area contributed by atoms with Crippen LogP contribution in [0.25, 0.3) is 0 Å². The minimum absolute atomic E-state index is 0.0179. The summed E-state index contributed by atoms with van der Waals surface area (Å²) < 4.78 is 0. The van der Waals surface area contributed by atoms with Gasteiger partial charge in [-0.15, -0.1) is 0 Å². The Hall–Kier alpha value is -1.98. The molecule has 28 heavy (non-hydrogen) atoms. The summed E-state index contributed by atoms with van der Waals surface area (Å²) in [6, 6.07) is 8.14. The van der Waals surface area contributed by atoms with Crippen molar-refractivity contribution in [1.29, 1.82) is 0 Å². The van der Waals surface area contributed by atoms with Crippen molar-refractivity contribution in [1.82, 2.24) is 20.2 Å². The van der Waals surface area contributed by atoms with Crippen molar-refractivity contribution in [3.63, 3.8) is 0 Å². The largest absolute Gasteiger partial charge is 0.354 e. The van der Waals surface area contributed by atoms with Gasteiger partial charge in [-0.3, -0.25) is 9.69 Å². The summed E-state index contributed by atoms with van der Waals surface area (Å²) in [6.45, 7) is 10.7. The first-order valence-electron chi connectivity index (χ1n) is 9.92. The minimum atomic E-state index is 0.0179. The molecule has 1 fully saturated rings. The number of amides is 1. The molecule has 2 heterocycles. The Bertz CT molecular complexity index is 829. The zero-order valence-electron chi connectivity index (χ0n) is 17.1. The predicted molar refractivity (Wildman–Crippen MR) is 113 cm³/mol. The Morgan fingerprint density at radius 2 is 1.93 bits per heavy atom. The van der Waals surface area contributed by atoms with Gasteiger partial charge in [0.2, 0.25) is 5.91 Å². The number of carbonyl (C=O) groups excluding carboxylic acids is 1. The average Bonchev–Trinajstić information content (AvgIpc) is 3.08. The summed E-state index contributed by atoms with van der Waals surface area (Å²) in [4.78, 5) is 24.1. The van der Waals surface area contributed by atoms with E-state index in [9.17, 15) is 4.79 Å². The number of aryl methyl sites for hydroxylation is 2. The highest BCUT2D eigenvalue weighted by atomic mass is 35.5. The molecule has 1 saturated heterocycles. The molecule has 1 aliphatic rings. The Balaban J connectivity index is 1.68. The van der Waals surface area contributed by atoms with Gasteiger partial charge >= 0.3 is 0 Å². The predicted octanol–water partition coefficient (Wildman–Crippen LogP) is 3.80. The highest BCUT2D eigenvalue weighted by Gasteiger charge is 2.27. The smallest absolute Gasteiger partial charge is 0.224 e. The van der Waals surface area contributed by atoms with Crippen molar-refractivity contribution in [2.45, 2.75) is 59.0 Å². The lowest BCUT2D eigenvalue weighted by Gasteiger charge is -2.17. The van der Waals surface area contributed by atoms with Gasteiger partial charge in [0.15, 0.2) is 0 Å². The molecule has 1 amide bonds. The molecule has 0 saturated carbocycles. The quantitative estimate of drug-likeness (QED) is 0.801. The molecule has 1 N–H and O–H groups in total. The van der Waals surface area contributed by atoms with Crippen LogP contribution in [-0.2, 0) is 17.8 Å². The van der Waals surface area contributed by atoms with Gasteiger partial charge in [0, 0.05) is 47.0 Å². The number of halogens is 1. The molecule has 1 aromatic carbocycles.